The van der Waals surface area contributed by atoms with Gasteiger partial charge in [-0.3, -0.25) is 0 Å². The molecular formula is C19H18BrN. The lowest BCUT2D eigenvalue weighted by Gasteiger charge is -2.19. The molecule has 3 aromatic carbocycles. The van der Waals surface area contributed by atoms with Crippen LogP contribution < -0.4 is 5.32 Å². The van der Waals surface area contributed by atoms with Crippen LogP contribution in [0.5, 0.6) is 0 Å². The number of nitrogens with one attached hydrogen (secondary N) is 1. The lowest BCUT2D eigenvalue weighted by atomic mass is 9.96. The van der Waals surface area contributed by atoms with Gasteiger partial charge in [-0.25, -0.2) is 0 Å². The van der Waals surface area contributed by atoms with Crippen LogP contribution in [0.2, 0.25) is 0 Å². The van der Waals surface area contributed by atoms with E-state index in [4.69, 9.17) is 0 Å². The van der Waals surface area contributed by atoms with Gasteiger partial charge in [-0.2, -0.15) is 0 Å². The summed E-state index contributed by atoms with van der Waals surface area (Å²) in [5, 5.41) is 6.16. The van der Waals surface area contributed by atoms with Crippen molar-refractivity contribution in [3.63, 3.8) is 0 Å². The SMILES string of the molecule is CCNC(c1ccc(Br)cc1)c1ccc2ccccc2c1. The molecule has 21 heavy (non-hydrogen) atoms. The van der Waals surface area contributed by atoms with E-state index in [0.717, 1.165) is 11.0 Å². The van der Waals surface area contributed by atoms with Gasteiger partial charge in [0.25, 0.3) is 0 Å². The van der Waals surface area contributed by atoms with E-state index in [2.05, 4.69) is 94.9 Å². The van der Waals surface area contributed by atoms with E-state index in [1.54, 1.807) is 0 Å². The summed E-state index contributed by atoms with van der Waals surface area (Å²) < 4.78 is 1.11. The zero-order valence-corrected chi connectivity index (χ0v) is 13.6. The van der Waals surface area contributed by atoms with Gasteiger partial charge in [-0.1, -0.05) is 71.4 Å². The Morgan fingerprint density at radius 2 is 1.52 bits per heavy atom. The first kappa shape index (κ1) is 14.3. The molecule has 0 aromatic heterocycles. The van der Waals surface area contributed by atoms with Crippen molar-refractivity contribution >= 4 is 26.7 Å². The highest BCUT2D eigenvalue weighted by atomic mass is 79.9. The topological polar surface area (TPSA) is 12.0 Å². The minimum atomic E-state index is 0.229. The fourth-order valence-corrected chi connectivity index (χ4v) is 2.94. The van der Waals surface area contributed by atoms with Crippen molar-refractivity contribution in [3.05, 3.63) is 82.3 Å². The van der Waals surface area contributed by atoms with Crippen LogP contribution in [0.15, 0.2) is 71.2 Å². The molecule has 0 fully saturated rings. The normalized spacial score (nSPS) is 12.5. The molecule has 0 aliphatic heterocycles. The molecule has 1 atom stereocenters. The summed E-state index contributed by atoms with van der Waals surface area (Å²) in [5.74, 6) is 0. The highest BCUT2D eigenvalue weighted by Gasteiger charge is 2.13. The molecule has 1 nitrogen and oxygen atoms in total. The number of benzene rings is 3. The zero-order valence-electron chi connectivity index (χ0n) is 12.0. The summed E-state index contributed by atoms with van der Waals surface area (Å²) in [7, 11) is 0. The second-order valence-electron chi connectivity index (χ2n) is 5.15. The first-order valence-corrected chi connectivity index (χ1v) is 8.05. The quantitative estimate of drug-likeness (QED) is 0.679. The second kappa shape index (κ2) is 6.42. The monoisotopic (exact) mass is 339 g/mol. The van der Waals surface area contributed by atoms with E-state index in [1.807, 2.05) is 0 Å². The Kier molecular flexibility index (Phi) is 4.37. The van der Waals surface area contributed by atoms with Gasteiger partial charge in [0.1, 0.15) is 0 Å². The van der Waals surface area contributed by atoms with Gasteiger partial charge in [0.15, 0.2) is 0 Å². The molecular weight excluding hydrogens is 322 g/mol. The molecule has 0 radical (unpaired) electrons. The number of halogens is 1. The van der Waals surface area contributed by atoms with Crippen LogP contribution in [0.4, 0.5) is 0 Å². The standard InChI is InChI=1S/C19H18BrN/c1-2-21-19(15-9-11-18(20)12-10-15)17-8-7-14-5-3-4-6-16(14)13-17/h3-13,19,21H,2H2,1H3. The van der Waals surface area contributed by atoms with Crippen molar-refractivity contribution in [2.45, 2.75) is 13.0 Å². The maximum absolute atomic E-state index is 3.58. The highest BCUT2D eigenvalue weighted by Crippen LogP contribution is 2.26. The van der Waals surface area contributed by atoms with Crippen molar-refractivity contribution in [3.8, 4) is 0 Å². The number of hydrogen-bond acceptors (Lipinski definition) is 1. The van der Waals surface area contributed by atoms with Crippen molar-refractivity contribution < 1.29 is 0 Å². The van der Waals surface area contributed by atoms with Crippen LogP contribution in [0.3, 0.4) is 0 Å². The van der Waals surface area contributed by atoms with Crippen molar-refractivity contribution in [2.75, 3.05) is 6.54 Å². The van der Waals surface area contributed by atoms with Gasteiger partial charge in [-0.05, 0) is 46.6 Å². The Labute approximate surface area is 134 Å². The first-order valence-electron chi connectivity index (χ1n) is 7.25. The number of rotatable bonds is 4. The van der Waals surface area contributed by atoms with Gasteiger partial charge in [0.2, 0.25) is 0 Å². The van der Waals surface area contributed by atoms with Gasteiger partial charge in [0.05, 0.1) is 6.04 Å². The van der Waals surface area contributed by atoms with E-state index in [0.29, 0.717) is 0 Å². The Morgan fingerprint density at radius 1 is 0.857 bits per heavy atom. The summed E-state index contributed by atoms with van der Waals surface area (Å²) in [5.41, 5.74) is 2.59. The maximum atomic E-state index is 3.58. The Bertz CT molecular complexity index is 734. The van der Waals surface area contributed by atoms with Crippen LogP contribution >= 0.6 is 15.9 Å². The molecule has 1 N–H and O–H groups in total. The summed E-state index contributed by atoms with van der Waals surface area (Å²) in [6, 6.07) is 24.0. The van der Waals surface area contributed by atoms with Crippen molar-refractivity contribution in [2.24, 2.45) is 0 Å². The predicted molar refractivity (Wildman–Crippen MR) is 93.6 cm³/mol. The summed E-state index contributed by atoms with van der Waals surface area (Å²) in [6.07, 6.45) is 0. The third-order valence-electron chi connectivity index (χ3n) is 3.72. The van der Waals surface area contributed by atoms with E-state index in [1.165, 1.54) is 21.9 Å². The number of fused-ring (bicyclic) bond motifs is 1. The Hall–Kier alpha value is -1.64. The van der Waals surface area contributed by atoms with Crippen LogP contribution in [0.25, 0.3) is 10.8 Å². The largest absolute Gasteiger partial charge is 0.307 e. The van der Waals surface area contributed by atoms with Crippen molar-refractivity contribution in [1.29, 1.82) is 0 Å². The molecule has 0 bridgehead atoms. The lowest BCUT2D eigenvalue weighted by Crippen LogP contribution is -2.21. The molecule has 0 saturated heterocycles. The fraction of sp³-hybridized carbons (Fsp3) is 0.158. The average Bonchev–Trinajstić information content (AvgIpc) is 2.53. The van der Waals surface area contributed by atoms with E-state index in [-0.39, 0.29) is 6.04 Å². The minimum Gasteiger partial charge on any atom is -0.307 e. The molecule has 0 aliphatic carbocycles. The molecule has 0 heterocycles. The molecule has 0 spiro atoms. The zero-order chi connectivity index (χ0) is 14.7. The summed E-state index contributed by atoms with van der Waals surface area (Å²) in [6.45, 7) is 3.08. The molecule has 3 rings (SSSR count). The van der Waals surface area contributed by atoms with E-state index in [9.17, 15) is 0 Å². The molecule has 1 unspecified atom stereocenters. The lowest BCUT2D eigenvalue weighted by molar-refractivity contribution is 0.631. The predicted octanol–water partition coefficient (Wildman–Crippen LogP) is 5.30. The minimum absolute atomic E-state index is 0.229. The molecule has 0 saturated carbocycles. The van der Waals surface area contributed by atoms with Crippen molar-refractivity contribution in [1.82, 2.24) is 5.32 Å². The maximum Gasteiger partial charge on any atom is 0.0576 e. The molecule has 3 aromatic rings. The van der Waals surface area contributed by atoms with Gasteiger partial charge < -0.3 is 5.32 Å². The Balaban J connectivity index is 2.04. The molecule has 106 valence electrons. The van der Waals surface area contributed by atoms with Crippen LogP contribution in [0, 0.1) is 0 Å². The first-order chi connectivity index (χ1) is 10.3. The summed E-state index contributed by atoms with van der Waals surface area (Å²) in [4.78, 5) is 0. The second-order valence-corrected chi connectivity index (χ2v) is 6.06. The highest BCUT2D eigenvalue weighted by molar-refractivity contribution is 9.10. The molecule has 2 heteroatoms. The van der Waals surface area contributed by atoms with Gasteiger partial charge in [0, 0.05) is 4.47 Å². The fourth-order valence-electron chi connectivity index (χ4n) is 2.67. The number of hydrogen-bond donors (Lipinski definition) is 1. The average molecular weight is 340 g/mol. The van der Waals surface area contributed by atoms with E-state index >= 15 is 0 Å². The molecule has 0 amide bonds. The van der Waals surface area contributed by atoms with E-state index < -0.39 is 0 Å². The smallest absolute Gasteiger partial charge is 0.0576 e. The Morgan fingerprint density at radius 3 is 2.24 bits per heavy atom. The summed E-state index contributed by atoms with van der Waals surface area (Å²) >= 11 is 3.50. The van der Waals surface area contributed by atoms with Crippen LogP contribution in [-0.2, 0) is 0 Å². The molecule has 0 aliphatic rings. The third-order valence-corrected chi connectivity index (χ3v) is 4.25. The van der Waals surface area contributed by atoms with Crippen LogP contribution in [0.1, 0.15) is 24.1 Å². The third kappa shape index (κ3) is 3.17. The van der Waals surface area contributed by atoms with Gasteiger partial charge in [-0.15, -0.1) is 0 Å². The van der Waals surface area contributed by atoms with Gasteiger partial charge >= 0.3 is 0 Å². The van der Waals surface area contributed by atoms with Crippen LogP contribution in [-0.4, -0.2) is 6.54 Å².